The Kier molecular flexibility index (Phi) is 4.76. The average molecular weight is 345 g/mol. The van der Waals surface area contributed by atoms with Crippen molar-refractivity contribution in [3.05, 3.63) is 75.0 Å². The molecule has 3 aromatic heterocycles. The maximum Gasteiger partial charge on any atom is 0.244 e. The summed E-state index contributed by atoms with van der Waals surface area (Å²) in [7, 11) is 0. The number of nitrogens with one attached hydrogen (secondary N) is 1. The summed E-state index contributed by atoms with van der Waals surface area (Å²) in [6.07, 6.45) is 6.22. The zero-order chi connectivity index (χ0) is 16.1. The van der Waals surface area contributed by atoms with Crippen molar-refractivity contribution in [2.75, 3.05) is 6.54 Å². The summed E-state index contributed by atoms with van der Waals surface area (Å²) in [5.74, 6) is -0.253. The SMILES string of the molecule is O=C(C=Cc1cccs1)NCC(O)(c1ccoc1)c1cccs1. The van der Waals surface area contributed by atoms with Crippen LogP contribution in [0, 0.1) is 0 Å². The van der Waals surface area contributed by atoms with Gasteiger partial charge < -0.3 is 14.8 Å². The second kappa shape index (κ2) is 6.95. The summed E-state index contributed by atoms with van der Waals surface area (Å²) < 4.78 is 5.08. The molecule has 4 nitrogen and oxygen atoms in total. The van der Waals surface area contributed by atoms with Crippen molar-refractivity contribution >= 4 is 34.7 Å². The molecule has 2 N–H and O–H groups in total. The molecule has 0 saturated heterocycles. The quantitative estimate of drug-likeness (QED) is 0.673. The summed E-state index contributed by atoms with van der Waals surface area (Å²) in [6.45, 7) is 0.0701. The van der Waals surface area contributed by atoms with Crippen molar-refractivity contribution in [2.45, 2.75) is 5.60 Å². The summed E-state index contributed by atoms with van der Waals surface area (Å²) >= 11 is 2.99. The molecular formula is C17H15NO3S2. The van der Waals surface area contributed by atoms with E-state index in [1.807, 2.05) is 35.0 Å². The lowest BCUT2D eigenvalue weighted by Crippen LogP contribution is -2.40. The third-order valence-electron chi connectivity index (χ3n) is 3.39. The number of hydrogen-bond acceptors (Lipinski definition) is 5. The fraction of sp³-hybridized carbons (Fsp3) is 0.118. The van der Waals surface area contributed by atoms with E-state index in [0.29, 0.717) is 5.56 Å². The molecular weight excluding hydrogens is 330 g/mol. The number of hydrogen-bond donors (Lipinski definition) is 2. The van der Waals surface area contributed by atoms with Crippen LogP contribution in [-0.2, 0) is 10.4 Å². The van der Waals surface area contributed by atoms with Crippen LogP contribution in [0.15, 0.2) is 64.1 Å². The van der Waals surface area contributed by atoms with Gasteiger partial charge in [-0.25, -0.2) is 0 Å². The van der Waals surface area contributed by atoms with Crippen LogP contribution < -0.4 is 5.32 Å². The summed E-state index contributed by atoms with van der Waals surface area (Å²) in [6, 6.07) is 9.26. The number of carbonyl (C=O) groups excluding carboxylic acids is 1. The molecule has 0 saturated carbocycles. The van der Waals surface area contributed by atoms with Gasteiger partial charge in [-0.1, -0.05) is 12.1 Å². The van der Waals surface area contributed by atoms with Crippen LogP contribution in [-0.4, -0.2) is 17.6 Å². The monoisotopic (exact) mass is 345 g/mol. The Morgan fingerprint density at radius 1 is 1.26 bits per heavy atom. The first-order valence-corrected chi connectivity index (χ1v) is 8.73. The van der Waals surface area contributed by atoms with E-state index in [0.717, 1.165) is 9.75 Å². The molecule has 0 spiro atoms. The van der Waals surface area contributed by atoms with Gasteiger partial charge in [0.05, 0.1) is 19.1 Å². The van der Waals surface area contributed by atoms with Gasteiger partial charge in [-0.15, -0.1) is 22.7 Å². The highest BCUT2D eigenvalue weighted by Crippen LogP contribution is 2.32. The van der Waals surface area contributed by atoms with Crippen LogP contribution >= 0.6 is 22.7 Å². The first-order valence-electron chi connectivity index (χ1n) is 6.97. The van der Waals surface area contributed by atoms with Crippen molar-refractivity contribution in [1.82, 2.24) is 5.32 Å². The lowest BCUT2D eigenvalue weighted by atomic mass is 9.94. The third kappa shape index (κ3) is 3.61. The number of furan rings is 1. The average Bonchev–Trinajstić information content (AvgIpc) is 3.33. The molecule has 6 heteroatoms. The topological polar surface area (TPSA) is 62.5 Å². The fourth-order valence-electron chi connectivity index (χ4n) is 2.16. The van der Waals surface area contributed by atoms with Gasteiger partial charge in [0.1, 0.15) is 5.60 Å². The van der Waals surface area contributed by atoms with E-state index in [9.17, 15) is 9.90 Å². The van der Waals surface area contributed by atoms with Crippen molar-refractivity contribution in [2.24, 2.45) is 0 Å². The molecule has 0 radical (unpaired) electrons. The van der Waals surface area contributed by atoms with Crippen LogP contribution in [0.5, 0.6) is 0 Å². The molecule has 0 fully saturated rings. The second-order valence-electron chi connectivity index (χ2n) is 4.92. The zero-order valence-corrected chi connectivity index (χ0v) is 13.8. The largest absolute Gasteiger partial charge is 0.472 e. The van der Waals surface area contributed by atoms with Crippen LogP contribution in [0.25, 0.3) is 6.08 Å². The van der Waals surface area contributed by atoms with Gasteiger partial charge in [0.2, 0.25) is 5.91 Å². The normalized spacial score (nSPS) is 14.0. The van der Waals surface area contributed by atoms with Gasteiger partial charge in [-0.2, -0.15) is 0 Å². The molecule has 0 aromatic carbocycles. The Hall–Kier alpha value is -2.15. The molecule has 3 heterocycles. The number of thiophene rings is 2. The van der Waals surface area contributed by atoms with E-state index in [1.54, 1.807) is 23.5 Å². The number of rotatable bonds is 6. The van der Waals surface area contributed by atoms with Crippen LogP contribution in [0.4, 0.5) is 0 Å². The molecule has 118 valence electrons. The Bertz CT molecular complexity index is 725. The van der Waals surface area contributed by atoms with E-state index in [-0.39, 0.29) is 12.5 Å². The number of aliphatic hydroxyl groups is 1. The highest BCUT2D eigenvalue weighted by atomic mass is 32.1. The predicted octanol–water partition coefficient (Wildman–Crippen LogP) is 3.47. The molecule has 0 aliphatic carbocycles. The van der Waals surface area contributed by atoms with E-state index in [2.05, 4.69) is 5.32 Å². The van der Waals surface area contributed by atoms with Gasteiger partial charge in [0.15, 0.2) is 0 Å². The lowest BCUT2D eigenvalue weighted by Gasteiger charge is -2.26. The molecule has 3 aromatic rings. The van der Waals surface area contributed by atoms with Gasteiger partial charge in [0, 0.05) is 21.4 Å². The molecule has 0 aliphatic rings. The zero-order valence-electron chi connectivity index (χ0n) is 12.1. The minimum atomic E-state index is -1.30. The summed E-state index contributed by atoms with van der Waals surface area (Å²) in [4.78, 5) is 13.8. The van der Waals surface area contributed by atoms with Crippen molar-refractivity contribution in [3.8, 4) is 0 Å². The molecule has 0 aliphatic heterocycles. The van der Waals surface area contributed by atoms with Crippen molar-refractivity contribution < 1.29 is 14.3 Å². The summed E-state index contributed by atoms with van der Waals surface area (Å²) in [5, 5.41) is 17.6. The minimum Gasteiger partial charge on any atom is -0.472 e. The van der Waals surface area contributed by atoms with Crippen molar-refractivity contribution in [1.29, 1.82) is 0 Å². The van der Waals surface area contributed by atoms with Gasteiger partial charge >= 0.3 is 0 Å². The highest BCUT2D eigenvalue weighted by molar-refractivity contribution is 7.10. The van der Waals surface area contributed by atoms with Crippen molar-refractivity contribution in [3.63, 3.8) is 0 Å². The van der Waals surface area contributed by atoms with E-state index >= 15 is 0 Å². The van der Waals surface area contributed by atoms with E-state index < -0.39 is 5.60 Å². The second-order valence-corrected chi connectivity index (χ2v) is 6.84. The third-order valence-corrected chi connectivity index (χ3v) is 5.25. The van der Waals surface area contributed by atoms with E-state index in [4.69, 9.17) is 4.42 Å². The van der Waals surface area contributed by atoms with Gasteiger partial charge in [-0.05, 0) is 35.0 Å². The smallest absolute Gasteiger partial charge is 0.244 e. The molecule has 1 atom stereocenters. The Balaban J connectivity index is 1.71. The maximum absolute atomic E-state index is 12.0. The molecule has 0 bridgehead atoms. The van der Waals surface area contributed by atoms with E-state index in [1.165, 1.54) is 29.9 Å². The lowest BCUT2D eigenvalue weighted by molar-refractivity contribution is -0.117. The van der Waals surface area contributed by atoms with Crippen LogP contribution in [0.3, 0.4) is 0 Å². The predicted molar refractivity (Wildman–Crippen MR) is 92.4 cm³/mol. The molecule has 1 unspecified atom stereocenters. The molecule has 3 rings (SSSR count). The Morgan fingerprint density at radius 2 is 2.09 bits per heavy atom. The first kappa shape index (κ1) is 15.7. The van der Waals surface area contributed by atoms with Crippen LogP contribution in [0.1, 0.15) is 15.3 Å². The Morgan fingerprint density at radius 3 is 2.74 bits per heavy atom. The standard InChI is InChI=1S/C17H15NO3S2/c19-16(6-5-14-3-1-9-22-14)18-12-17(20,13-7-8-21-11-13)15-4-2-10-23-15/h1-11,20H,12H2,(H,18,19). The first-order chi connectivity index (χ1) is 11.2. The van der Waals surface area contributed by atoms with Gasteiger partial charge in [-0.3, -0.25) is 4.79 Å². The maximum atomic E-state index is 12.0. The van der Waals surface area contributed by atoms with Gasteiger partial charge in [0.25, 0.3) is 0 Å². The number of carbonyl (C=O) groups is 1. The highest BCUT2D eigenvalue weighted by Gasteiger charge is 2.34. The van der Waals surface area contributed by atoms with Crippen LogP contribution in [0.2, 0.25) is 0 Å². The summed E-state index contributed by atoms with van der Waals surface area (Å²) in [5.41, 5.74) is -0.685. The number of amides is 1. The Labute approximate surface area is 141 Å². The molecule has 1 amide bonds. The fourth-order valence-corrected chi connectivity index (χ4v) is 3.63. The molecule has 23 heavy (non-hydrogen) atoms. The minimum absolute atomic E-state index is 0.0701.